The maximum atomic E-state index is 14.5. The van der Waals surface area contributed by atoms with Gasteiger partial charge in [-0.25, -0.2) is 14.2 Å². The van der Waals surface area contributed by atoms with Crippen LogP contribution in [-0.2, 0) is 16.0 Å². The Kier molecular flexibility index (Phi) is 5.90. The van der Waals surface area contributed by atoms with Crippen molar-refractivity contribution in [2.24, 2.45) is 0 Å². The molecule has 0 aliphatic carbocycles. The standard InChI is InChI=1S/C24H19FN6O5/c1-35-23(34)20-9-12-8-13(3-6-19(12)36-20)28-24-26-11-16(25)22(29-24)27-14-2-4-15-17(5-7-21(32)33)30-31-18(15)10-14/h2-4,6,8-11H,5,7H2,1H3,(H,30,31)(H,32,33)(H2,26,27,28,29). The Balaban J connectivity index is 1.35. The van der Waals surface area contributed by atoms with Crippen molar-refractivity contribution < 1.29 is 28.2 Å². The van der Waals surface area contributed by atoms with Crippen molar-refractivity contribution in [3.63, 3.8) is 0 Å². The van der Waals surface area contributed by atoms with Crippen molar-refractivity contribution in [3.8, 4) is 0 Å². The molecule has 11 nitrogen and oxygen atoms in total. The number of carbonyl (C=O) groups is 2. The summed E-state index contributed by atoms with van der Waals surface area (Å²) in [7, 11) is 1.27. The maximum absolute atomic E-state index is 14.5. The fourth-order valence-corrected chi connectivity index (χ4v) is 3.67. The molecule has 2 aromatic carbocycles. The minimum absolute atomic E-state index is 0.0259. The van der Waals surface area contributed by atoms with E-state index in [0.29, 0.717) is 40.0 Å². The molecule has 5 aromatic rings. The van der Waals surface area contributed by atoms with Crippen molar-refractivity contribution in [2.45, 2.75) is 12.8 Å². The number of aryl methyl sites for hydroxylation is 1. The predicted molar refractivity (Wildman–Crippen MR) is 128 cm³/mol. The minimum Gasteiger partial charge on any atom is -0.481 e. The van der Waals surface area contributed by atoms with Crippen LogP contribution in [0.3, 0.4) is 0 Å². The quantitative estimate of drug-likeness (QED) is 0.228. The van der Waals surface area contributed by atoms with Gasteiger partial charge in [0, 0.05) is 28.6 Å². The monoisotopic (exact) mass is 490 g/mol. The number of carboxylic acids is 1. The molecule has 0 spiro atoms. The number of anilines is 4. The first kappa shape index (κ1) is 22.8. The minimum atomic E-state index is -0.899. The van der Waals surface area contributed by atoms with Gasteiger partial charge >= 0.3 is 11.9 Å². The molecule has 0 aliphatic heterocycles. The summed E-state index contributed by atoms with van der Waals surface area (Å²) in [6.45, 7) is 0. The zero-order valence-corrected chi connectivity index (χ0v) is 18.8. The number of hydrogen-bond acceptors (Lipinski definition) is 9. The topological polar surface area (TPSA) is 155 Å². The average Bonchev–Trinajstić information content (AvgIpc) is 3.47. The number of nitrogens with zero attached hydrogens (tertiary/aromatic N) is 3. The van der Waals surface area contributed by atoms with Crippen LogP contribution in [0.15, 0.2) is 53.1 Å². The molecule has 0 saturated heterocycles. The molecule has 0 unspecified atom stereocenters. The second kappa shape index (κ2) is 9.33. The number of fused-ring (bicyclic) bond motifs is 2. The summed E-state index contributed by atoms with van der Waals surface area (Å²) in [5.74, 6) is -1.95. The van der Waals surface area contributed by atoms with Gasteiger partial charge in [0.05, 0.1) is 30.9 Å². The number of rotatable bonds is 8. The van der Waals surface area contributed by atoms with E-state index in [1.54, 1.807) is 42.5 Å². The van der Waals surface area contributed by atoms with Gasteiger partial charge < -0.3 is 24.9 Å². The molecule has 0 bridgehead atoms. The zero-order valence-electron chi connectivity index (χ0n) is 18.8. The van der Waals surface area contributed by atoms with Crippen molar-refractivity contribution in [1.29, 1.82) is 0 Å². The molecule has 0 radical (unpaired) electrons. The molecule has 0 aliphatic rings. The first-order valence-electron chi connectivity index (χ1n) is 10.8. The number of carbonyl (C=O) groups excluding carboxylic acids is 1. The highest BCUT2D eigenvalue weighted by molar-refractivity contribution is 5.93. The fraction of sp³-hybridized carbons (Fsp3) is 0.125. The summed E-state index contributed by atoms with van der Waals surface area (Å²) >= 11 is 0. The van der Waals surface area contributed by atoms with Gasteiger partial charge in [0.1, 0.15) is 5.58 Å². The Bertz CT molecular complexity index is 1610. The summed E-state index contributed by atoms with van der Waals surface area (Å²) in [4.78, 5) is 30.7. The van der Waals surface area contributed by atoms with E-state index in [-0.39, 0.29) is 23.9 Å². The lowest BCUT2D eigenvalue weighted by molar-refractivity contribution is -0.136. The molecule has 0 amide bonds. The van der Waals surface area contributed by atoms with E-state index in [9.17, 15) is 14.0 Å². The van der Waals surface area contributed by atoms with Gasteiger partial charge in [0.25, 0.3) is 0 Å². The third-order valence-corrected chi connectivity index (χ3v) is 5.38. The summed E-state index contributed by atoms with van der Waals surface area (Å²) < 4.78 is 24.6. The van der Waals surface area contributed by atoms with E-state index < -0.39 is 17.8 Å². The molecule has 182 valence electrons. The lowest BCUT2D eigenvalue weighted by Gasteiger charge is -2.10. The molecule has 0 saturated carbocycles. The van der Waals surface area contributed by atoms with Gasteiger partial charge in [0.15, 0.2) is 11.6 Å². The summed E-state index contributed by atoms with van der Waals surface area (Å²) in [6.07, 6.45) is 1.32. The van der Waals surface area contributed by atoms with Gasteiger partial charge in [-0.2, -0.15) is 10.1 Å². The second-order valence-electron chi connectivity index (χ2n) is 7.82. The largest absolute Gasteiger partial charge is 0.481 e. The Morgan fingerprint density at radius 3 is 2.75 bits per heavy atom. The summed E-state index contributed by atoms with van der Waals surface area (Å²) in [5, 5.41) is 23.3. The van der Waals surface area contributed by atoms with Crippen molar-refractivity contribution in [1.82, 2.24) is 20.2 Å². The molecule has 0 atom stereocenters. The van der Waals surface area contributed by atoms with Crippen LogP contribution < -0.4 is 10.6 Å². The number of benzene rings is 2. The summed E-state index contributed by atoms with van der Waals surface area (Å²) in [6, 6.07) is 11.9. The Morgan fingerprint density at radius 1 is 1.14 bits per heavy atom. The number of methoxy groups -OCH3 is 1. The van der Waals surface area contributed by atoms with Crippen LogP contribution in [-0.4, -0.2) is 44.3 Å². The fourth-order valence-electron chi connectivity index (χ4n) is 3.67. The van der Waals surface area contributed by atoms with Gasteiger partial charge in [-0.3, -0.25) is 9.89 Å². The van der Waals surface area contributed by atoms with Crippen LogP contribution in [0.4, 0.5) is 27.5 Å². The van der Waals surface area contributed by atoms with Crippen molar-refractivity contribution >= 4 is 57.0 Å². The number of halogens is 1. The first-order valence-corrected chi connectivity index (χ1v) is 10.8. The van der Waals surface area contributed by atoms with Crippen LogP contribution in [0.1, 0.15) is 22.7 Å². The number of nitrogens with one attached hydrogen (secondary N) is 3. The molecule has 4 N–H and O–H groups in total. The van der Waals surface area contributed by atoms with Crippen molar-refractivity contribution in [3.05, 3.63) is 65.9 Å². The van der Waals surface area contributed by atoms with Crippen LogP contribution in [0.5, 0.6) is 0 Å². The number of hydrogen-bond donors (Lipinski definition) is 4. The molecular formula is C24H19FN6O5. The summed E-state index contributed by atoms with van der Waals surface area (Å²) in [5.41, 5.74) is 2.98. The SMILES string of the molecule is COC(=O)c1cc2cc(Nc3ncc(F)c(Nc4ccc5c(CCC(=O)O)n[nH]c5c4)n3)ccc2o1. The van der Waals surface area contributed by atoms with Crippen LogP contribution >= 0.6 is 0 Å². The Labute approximate surface area is 202 Å². The molecule has 3 aromatic heterocycles. The van der Waals surface area contributed by atoms with E-state index in [1.807, 2.05) is 0 Å². The first-order chi connectivity index (χ1) is 17.4. The van der Waals surface area contributed by atoms with Gasteiger partial charge in [-0.05, 0) is 42.5 Å². The predicted octanol–water partition coefficient (Wildman–Crippen LogP) is 4.53. The highest BCUT2D eigenvalue weighted by atomic mass is 19.1. The molecule has 3 heterocycles. The number of ether oxygens (including phenoxy) is 1. The molecular weight excluding hydrogens is 471 g/mol. The van der Waals surface area contributed by atoms with E-state index in [4.69, 9.17) is 9.52 Å². The smallest absolute Gasteiger partial charge is 0.373 e. The number of H-pyrrole nitrogens is 1. The lowest BCUT2D eigenvalue weighted by Crippen LogP contribution is -2.03. The number of aliphatic carboxylic acids is 1. The third-order valence-electron chi connectivity index (χ3n) is 5.38. The van der Waals surface area contributed by atoms with E-state index in [0.717, 1.165) is 11.6 Å². The Morgan fingerprint density at radius 2 is 1.94 bits per heavy atom. The van der Waals surface area contributed by atoms with E-state index >= 15 is 0 Å². The van der Waals surface area contributed by atoms with Crippen LogP contribution in [0.2, 0.25) is 0 Å². The number of carboxylic acid groups (broad SMARTS) is 1. The van der Waals surface area contributed by atoms with E-state index in [1.165, 1.54) is 7.11 Å². The maximum Gasteiger partial charge on any atom is 0.373 e. The molecule has 5 rings (SSSR count). The molecule has 0 fully saturated rings. The third kappa shape index (κ3) is 4.64. The molecule has 36 heavy (non-hydrogen) atoms. The molecule has 12 heteroatoms. The highest BCUT2D eigenvalue weighted by Crippen LogP contribution is 2.27. The number of aromatic amines is 1. The highest BCUT2D eigenvalue weighted by Gasteiger charge is 2.14. The zero-order chi connectivity index (χ0) is 25.2. The number of furan rings is 1. The lowest BCUT2D eigenvalue weighted by atomic mass is 10.1. The Hall–Kier alpha value is -5.00. The number of aromatic nitrogens is 4. The van der Waals surface area contributed by atoms with Gasteiger partial charge in [-0.1, -0.05) is 0 Å². The van der Waals surface area contributed by atoms with Crippen LogP contribution in [0.25, 0.3) is 21.9 Å². The van der Waals surface area contributed by atoms with Crippen molar-refractivity contribution in [2.75, 3.05) is 17.7 Å². The van der Waals surface area contributed by atoms with Gasteiger partial charge in [-0.15, -0.1) is 0 Å². The normalized spacial score (nSPS) is 11.1. The average molecular weight is 490 g/mol. The van der Waals surface area contributed by atoms with Crippen LogP contribution in [0, 0.1) is 5.82 Å². The second-order valence-corrected chi connectivity index (χ2v) is 7.82. The van der Waals surface area contributed by atoms with Gasteiger partial charge in [0.2, 0.25) is 11.7 Å². The number of esters is 1. The van der Waals surface area contributed by atoms with E-state index in [2.05, 4.69) is 35.5 Å².